The Kier molecular flexibility index (Phi) is 3.55. The number of nitrogens with two attached hydrogens (primary N) is 1. The molecular formula is C25H24N6O2. The molecule has 2 N–H and O–H groups in total. The molecule has 3 aromatic heterocycles. The van der Waals surface area contributed by atoms with Gasteiger partial charge in [-0.1, -0.05) is 12.1 Å². The number of hydrogen-bond donors (Lipinski definition) is 1. The van der Waals surface area contributed by atoms with Crippen LogP contribution in [0, 0.1) is 12.8 Å². The highest BCUT2D eigenvalue weighted by molar-refractivity contribution is 5.96. The molecule has 3 aliphatic carbocycles. The van der Waals surface area contributed by atoms with Crippen LogP contribution in [-0.4, -0.2) is 43.8 Å². The number of hydrogen-bond acceptors (Lipinski definition) is 6. The van der Waals surface area contributed by atoms with Crippen LogP contribution in [0.5, 0.6) is 5.75 Å². The lowest BCUT2D eigenvalue weighted by molar-refractivity contribution is -0.0275. The van der Waals surface area contributed by atoms with Crippen molar-refractivity contribution in [2.75, 3.05) is 19.4 Å². The first kappa shape index (κ1) is 18.8. The van der Waals surface area contributed by atoms with Gasteiger partial charge in [0.1, 0.15) is 40.7 Å². The van der Waals surface area contributed by atoms with E-state index in [1.165, 1.54) is 24.8 Å². The number of pyridine rings is 1. The largest absolute Gasteiger partial charge is 0.491 e. The van der Waals surface area contributed by atoms with Crippen LogP contribution in [0.3, 0.4) is 0 Å². The summed E-state index contributed by atoms with van der Waals surface area (Å²) in [7, 11) is 1.81. The summed E-state index contributed by atoms with van der Waals surface area (Å²) in [5.74, 6) is 2.84. The number of rotatable bonds is 3. The number of nitrogen functional groups attached to an aromatic ring is 1. The fourth-order valence-electron chi connectivity index (χ4n) is 5.93. The van der Waals surface area contributed by atoms with E-state index in [-0.39, 0.29) is 11.9 Å². The van der Waals surface area contributed by atoms with Gasteiger partial charge in [0, 0.05) is 12.6 Å². The van der Waals surface area contributed by atoms with Crippen LogP contribution in [-0.2, 0) is 5.41 Å². The Morgan fingerprint density at radius 1 is 1.18 bits per heavy atom. The summed E-state index contributed by atoms with van der Waals surface area (Å²) >= 11 is 0. The van der Waals surface area contributed by atoms with E-state index in [0.29, 0.717) is 29.1 Å². The Morgan fingerprint density at radius 3 is 2.76 bits per heavy atom. The van der Waals surface area contributed by atoms with Crippen LogP contribution in [0.15, 0.2) is 36.7 Å². The smallest absolute Gasteiger partial charge is 0.272 e. The number of aromatic nitrogens is 4. The maximum atomic E-state index is 13.4. The van der Waals surface area contributed by atoms with Crippen LogP contribution in [0.4, 0.5) is 5.82 Å². The van der Waals surface area contributed by atoms with E-state index < -0.39 is 0 Å². The zero-order chi connectivity index (χ0) is 22.5. The molecule has 0 saturated heterocycles. The third kappa shape index (κ3) is 2.46. The standard InChI is InChI=1S/C25H24N6O2/c1-13-27-11-20-23(26)29-18-10-28-17(6-19(18)31(13)20)24(32)30(2)21-12-33-22-5-15(3-4-16(21)22)25-7-14(8-25)9-25/h3-6,10-11,14,21H,7-9,12H2,1-2H3,(H2,26,29)/t14?,21-,25?/m1/s1. The second-order valence-electron chi connectivity index (χ2n) is 9.84. The molecule has 3 saturated carbocycles. The van der Waals surface area contributed by atoms with Crippen molar-refractivity contribution in [3.05, 3.63) is 59.3 Å². The van der Waals surface area contributed by atoms with E-state index in [1.54, 1.807) is 23.4 Å². The molecule has 3 fully saturated rings. The lowest BCUT2D eigenvalue weighted by Crippen LogP contribution is -2.55. The van der Waals surface area contributed by atoms with Crippen molar-refractivity contribution in [1.29, 1.82) is 0 Å². The van der Waals surface area contributed by atoms with E-state index in [4.69, 9.17) is 10.5 Å². The van der Waals surface area contributed by atoms with E-state index >= 15 is 0 Å². The minimum atomic E-state index is -0.162. The number of carbonyl (C=O) groups excluding carboxylic acids is 1. The highest BCUT2D eigenvalue weighted by Crippen LogP contribution is 2.65. The molecule has 1 amide bonds. The molecule has 4 heterocycles. The summed E-state index contributed by atoms with van der Waals surface area (Å²) in [4.78, 5) is 28.3. The number of likely N-dealkylation sites (N-methyl/N-ethyl adjacent to an activating group) is 1. The minimum Gasteiger partial charge on any atom is -0.491 e. The Hall–Kier alpha value is -3.68. The number of amides is 1. The Bertz CT molecular complexity index is 1470. The lowest BCUT2D eigenvalue weighted by atomic mass is 9.42. The molecule has 1 aromatic carbocycles. The third-order valence-electron chi connectivity index (χ3n) is 7.97. The van der Waals surface area contributed by atoms with E-state index in [1.807, 2.05) is 18.4 Å². The Labute approximate surface area is 190 Å². The molecule has 4 aromatic rings. The quantitative estimate of drug-likeness (QED) is 0.524. The van der Waals surface area contributed by atoms with Crippen molar-refractivity contribution >= 4 is 28.3 Å². The molecule has 33 heavy (non-hydrogen) atoms. The van der Waals surface area contributed by atoms with Gasteiger partial charge in [0.25, 0.3) is 5.91 Å². The molecule has 8 heteroatoms. The van der Waals surface area contributed by atoms with Gasteiger partial charge in [-0.15, -0.1) is 0 Å². The van der Waals surface area contributed by atoms with E-state index in [2.05, 4.69) is 33.2 Å². The molecule has 8 rings (SSSR count). The Morgan fingerprint density at radius 2 is 2.00 bits per heavy atom. The van der Waals surface area contributed by atoms with Crippen molar-refractivity contribution < 1.29 is 9.53 Å². The number of nitrogens with zero attached hydrogens (tertiary/aromatic N) is 5. The average Bonchev–Trinajstić information content (AvgIpc) is 3.34. The predicted molar refractivity (Wildman–Crippen MR) is 123 cm³/mol. The van der Waals surface area contributed by atoms with Gasteiger partial charge >= 0.3 is 0 Å². The summed E-state index contributed by atoms with van der Waals surface area (Å²) in [5.41, 5.74) is 11.4. The zero-order valence-electron chi connectivity index (χ0n) is 18.6. The van der Waals surface area contributed by atoms with Gasteiger partial charge < -0.3 is 15.4 Å². The number of imidazole rings is 1. The van der Waals surface area contributed by atoms with Gasteiger partial charge in [-0.25, -0.2) is 15.0 Å². The monoisotopic (exact) mass is 440 g/mol. The van der Waals surface area contributed by atoms with Gasteiger partial charge in [-0.2, -0.15) is 0 Å². The topological polar surface area (TPSA) is 98.6 Å². The number of carbonyl (C=O) groups is 1. The summed E-state index contributed by atoms with van der Waals surface area (Å²) in [6.45, 7) is 2.35. The minimum absolute atomic E-state index is 0.147. The van der Waals surface area contributed by atoms with Crippen molar-refractivity contribution in [2.45, 2.75) is 37.6 Å². The summed E-state index contributed by atoms with van der Waals surface area (Å²) in [6.07, 6.45) is 7.22. The van der Waals surface area contributed by atoms with E-state index in [0.717, 1.165) is 34.1 Å². The second-order valence-corrected chi connectivity index (χ2v) is 9.84. The molecule has 1 aliphatic heterocycles. The molecule has 0 unspecified atom stereocenters. The molecule has 2 bridgehead atoms. The first-order valence-corrected chi connectivity index (χ1v) is 11.4. The summed E-state index contributed by atoms with van der Waals surface area (Å²) < 4.78 is 7.95. The normalized spacial score (nSPS) is 24.8. The van der Waals surface area contributed by atoms with Crippen molar-refractivity contribution in [1.82, 2.24) is 24.3 Å². The molecule has 0 radical (unpaired) electrons. The van der Waals surface area contributed by atoms with Crippen LogP contribution in [0.2, 0.25) is 0 Å². The number of anilines is 1. The van der Waals surface area contributed by atoms with Gasteiger partial charge in [-0.3, -0.25) is 9.20 Å². The first-order chi connectivity index (χ1) is 15.9. The molecule has 4 aliphatic rings. The molecule has 1 atom stereocenters. The van der Waals surface area contributed by atoms with Gasteiger partial charge in [-0.05, 0) is 55.2 Å². The maximum absolute atomic E-state index is 13.4. The fraction of sp³-hybridized carbons (Fsp3) is 0.360. The average molecular weight is 441 g/mol. The van der Waals surface area contributed by atoms with Crippen molar-refractivity contribution in [3.63, 3.8) is 0 Å². The molecule has 166 valence electrons. The van der Waals surface area contributed by atoms with Gasteiger partial charge in [0.05, 0.1) is 24.0 Å². The van der Waals surface area contributed by atoms with Crippen molar-refractivity contribution in [3.8, 4) is 5.75 Å². The SMILES string of the molecule is Cc1ncc2c(N)nc3cnc(C(=O)N(C)[C@@H]4COc5cc(C67CC(C6)C7)ccc54)cc3n12. The van der Waals surface area contributed by atoms with E-state index in [9.17, 15) is 4.79 Å². The second kappa shape index (κ2) is 6.21. The number of ether oxygens (including phenoxy) is 1. The van der Waals surface area contributed by atoms with Crippen LogP contribution >= 0.6 is 0 Å². The molecular weight excluding hydrogens is 416 g/mol. The number of aryl methyl sites for hydroxylation is 1. The summed E-state index contributed by atoms with van der Waals surface area (Å²) in [6, 6.07) is 8.20. The zero-order valence-corrected chi connectivity index (χ0v) is 18.6. The van der Waals surface area contributed by atoms with Crippen molar-refractivity contribution in [2.24, 2.45) is 5.92 Å². The van der Waals surface area contributed by atoms with Crippen LogP contribution in [0.1, 0.15) is 52.7 Å². The van der Waals surface area contributed by atoms with Crippen LogP contribution in [0.25, 0.3) is 16.6 Å². The number of benzene rings is 1. The third-order valence-corrected chi connectivity index (χ3v) is 7.97. The van der Waals surface area contributed by atoms with Crippen LogP contribution < -0.4 is 10.5 Å². The summed E-state index contributed by atoms with van der Waals surface area (Å²) in [5, 5.41) is 0. The molecule has 8 nitrogen and oxygen atoms in total. The highest BCUT2D eigenvalue weighted by Gasteiger charge is 2.57. The van der Waals surface area contributed by atoms with Gasteiger partial charge in [0.15, 0.2) is 0 Å². The predicted octanol–water partition coefficient (Wildman–Crippen LogP) is 3.43. The Balaban J connectivity index is 1.22. The molecule has 0 spiro atoms. The lowest BCUT2D eigenvalue weighted by Gasteiger charge is -2.62. The van der Waals surface area contributed by atoms with Gasteiger partial charge in [0.2, 0.25) is 0 Å². The maximum Gasteiger partial charge on any atom is 0.272 e. The highest BCUT2D eigenvalue weighted by atomic mass is 16.5. The number of fused-ring (bicyclic) bond motifs is 4. The first-order valence-electron chi connectivity index (χ1n) is 11.4. The fourth-order valence-corrected chi connectivity index (χ4v) is 5.93.